The highest BCUT2D eigenvalue weighted by Crippen LogP contribution is 2.17. The number of tetrazole rings is 1. The largest absolute Gasteiger partial charge is 0.349 e. The summed E-state index contributed by atoms with van der Waals surface area (Å²) >= 11 is 0. The number of nitrogens with one attached hydrogen (secondary N) is 2. The van der Waals surface area contributed by atoms with Gasteiger partial charge in [0.1, 0.15) is 0 Å². The molecule has 0 spiro atoms. The zero-order chi connectivity index (χ0) is 15.5. The third-order valence-electron chi connectivity index (χ3n) is 3.03. The van der Waals surface area contributed by atoms with Crippen LogP contribution >= 0.6 is 0 Å². The fourth-order valence-corrected chi connectivity index (χ4v) is 3.26. The molecule has 1 unspecified atom stereocenters. The molecule has 1 atom stereocenters. The molecule has 0 amide bonds. The summed E-state index contributed by atoms with van der Waals surface area (Å²) in [6.45, 7) is 4.68. The second kappa shape index (κ2) is 6.33. The van der Waals surface area contributed by atoms with Crippen molar-refractivity contribution in [3.8, 4) is 0 Å². The van der Waals surface area contributed by atoms with E-state index in [0.29, 0.717) is 0 Å². The van der Waals surface area contributed by atoms with Crippen molar-refractivity contribution in [1.29, 1.82) is 0 Å². The highest BCUT2D eigenvalue weighted by molar-refractivity contribution is 7.89. The van der Waals surface area contributed by atoms with Crippen LogP contribution in [-0.2, 0) is 23.1 Å². The molecule has 9 nitrogen and oxygen atoms in total. The molecule has 21 heavy (non-hydrogen) atoms. The van der Waals surface area contributed by atoms with E-state index in [1.54, 1.807) is 19.2 Å². The zero-order valence-corrected chi connectivity index (χ0v) is 12.8. The first-order valence-electron chi connectivity index (χ1n) is 6.62. The zero-order valence-electron chi connectivity index (χ0n) is 11.9. The van der Waals surface area contributed by atoms with Crippen molar-refractivity contribution in [1.82, 2.24) is 29.9 Å². The van der Waals surface area contributed by atoms with E-state index >= 15 is 0 Å². The molecule has 2 rings (SSSR count). The van der Waals surface area contributed by atoms with Gasteiger partial charge >= 0.3 is 0 Å². The average molecular weight is 313 g/mol. The Hall–Kier alpha value is -1.78. The maximum absolute atomic E-state index is 12.4. The lowest BCUT2D eigenvalue weighted by molar-refractivity contribution is 0.559. The van der Waals surface area contributed by atoms with Crippen molar-refractivity contribution in [3.05, 3.63) is 23.8 Å². The van der Waals surface area contributed by atoms with Gasteiger partial charge in [-0.3, -0.25) is 0 Å². The van der Waals surface area contributed by atoms with E-state index in [9.17, 15) is 8.42 Å². The van der Waals surface area contributed by atoms with Crippen LogP contribution in [0.2, 0.25) is 0 Å². The summed E-state index contributed by atoms with van der Waals surface area (Å²) in [5.41, 5.74) is 6.43. The quantitative estimate of drug-likeness (QED) is 0.654. The van der Waals surface area contributed by atoms with Gasteiger partial charge in [-0.15, -0.1) is 10.2 Å². The molecule has 0 aliphatic carbocycles. The minimum Gasteiger partial charge on any atom is -0.349 e. The molecule has 4 N–H and O–H groups in total. The van der Waals surface area contributed by atoms with Crippen molar-refractivity contribution in [3.63, 3.8) is 0 Å². The smallest absolute Gasteiger partial charge is 0.242 e. The van der Waals surface area contributed by atoms with Gasteiger partial charge in [0.05, 0.1) is 10.9 Å². The summed E-state index contributed by atoms with van der Waals surface area (Å²) in [5, 5.41) is 13.2. The van der Waals surface area contributed by atoms with Crippen molar-refractivity contribution >= 4 is 10.0 Å². The summed E-state index contributed by atoms with van der Waals surface area (Å²) in [6, 6.07) is 1.01. The van der Waals surface area contributed by atoms with Gasteiger partial charge in [0.15, 0.2) is 5.82 Å². The topological polar surface area (TPSA) is 132 Å². The molecule has 0 aliphatic rings. The minimum absolute atomic E-state index is 0.187. The number of H-pyrrole nitrogens is 1. The first-order chi connectivity index (χ1) is 9.97. The molecule has 0 bridgehead atoms. The average Bonchev–Trinajstić information content (AvgIpc) is 3.08. The third-order valence-corrected chi connectivity index (χ3v) is 4.53. The molecule has 0 saturated carbocycles. The van der Waals surface area contributed by atoms with Gasteiger partial charge in [0.2, 0.25) is 10.0 Å². The van der Waals surface area contributed by atoms with E-state index in [4.69, 9.17) is 5.73 Å². The third kappa shape index (κ3) is 3.46. The Morgan fingerprint density at radius 3 is 2.86 bits per heavy atom. The number of hydrogen-bond acceptors (Lipinski definition) is 6. The van der Waals surface area contributed by atoms with E-state index in [-0.39, 0.29) is 17.3 Å². The molecule has 2 aromatic heterocycles. The number of nitrogens with zero attached hydrogens (tertiary/aromatic N) is 4. The van der Waals surface area contributed by atoms with Gasteiger partial charge in [-0.1, -0.05) is 12.1 Å². The number of rotatable bonds is 7. The Kier molecular flexibility index (Phi) is 4.70. The first-order valence-corrected chi connectivity index (χ1v) is 8.11. The van der Waals surface area contributed by atoms with Crippen LogP contribution in [0.3, 0.4) is 0 Å². The van der Waals surface area contributed by atoms with E-state index in [1.807, 2.05) is 11.5 Å². The Labute approximate surface area is 123 Å². The lowest BCUT2D eigenvalue weighted by Crippen LogP contribution is -2.27. The monoisotopic (exact) mass is 313 g/mol. The van der Waals surface area contributed by atoms with Crippen molar-refractivity contribution in [2.75, 3.05) is 0 Å². The molecular weight excluding hydrogens is 294 g/mol. The van der Waals surface area contributed by atoms with Crippen LogP contribution < -0.4 is 10.5 Å². The summed E-state index contributed by atoms with van der Waals surface area (Å²) in [5.74, 6) is 0.283. The number of aromatic nitrogens is 5. The summed E-state index contributed by atoms with van der Waals surface area (Å²) in [7, 11) is -3.66. The first kappa shape index (κ1) is 15.6. The Morgan fingerprint density at radius 2 is 2.29 bits per heavy atom. The van der Waals surface area contributed by atoms with Crippen LogP contribution in [0.5, 0.6) is 0 Å². The van der Waals surface area contributed by atoms with Gasteiger partial charge in [-0.2, -0.15) is 5.21 Å². The number of hydrogen-bond donors (Lipinski definition) is 3. The molecule has 0 fully saturated rings. The highest BCUT2D eigenvalue weighted by Gasteiger charge is 2.22. The van der Waals surface area contributed by atoms with E-state index in [1.165, 1.54) is 0 Å². The van der Waals surface area contributed by atoms with Crippen LogP contribution in [0.25, 0.3) is 0 Å². The van der Waals surface area contributed by atoms with Crippen LogP contribution in [0.4, 0.5) is 0 Å². The standard InChI is InChI=1S/C11H19N7O2S/c1-3-4-18-7-10(5-9(18)6-12)21(19,20)15-8(2)11-13-16-17-14-11/h5,7-8,15H,3-4,6,12H2,1-2H3,(H,13,14,16,17). The number of aromatic amines is 1. The molecule has 2 heterocycles. The Bertz CT molecular complexity index is 678. The molecule has 116 valence electrons. The second-order valence-corrected chi connectivity index (χ2v) is 6.39. The van der Waals surface area contributed by atoms with Crippen molar-refractivity contribution < 1.29 is 8.42 Å². The van der Waals surface area contributed by atoms with Crippen molar-refractivity contribution in [2.24, 2.45) is 5.73 Å². The summed E-state index contributed by atoms with van der Waals surface area (Å²) in [6.07, 6.45) is 2.49. The van der Waals surface area contributed by atoms with E-state index < -0.39 is 16.1 Å². The van der Waals surface area contributed by atoms with E-state index in [2.05, 4.69) is 25.3 Å². The van der Waals surface area contributed by atoms with Crippen LogP contribution in [0, 0.1) is 0 Å². The molecule has 0 radical (unpaired) electrons. The molecule has 0 aromatic carbocycles. The number of aryl methyl sites for hydroxylation is 1. The highest BCUT2D eigenvalue weighted by atomic mass is 32.2. The number of nitrogens with two attached hydrogens (primary N) is 1. The SMILES string of the molecule is CCCn1cc(S(=O)(=O)NC(C)c2nn[nH]n2)cc1CN. The summed E-state index contributed by atoms with van der Waals surface area (Å²) < 4.78 is 29.1. The van der Waals surface area contributed by atoms with Gasteiger partial charge in [0, 0.05) is 25.0 Å². The fraction of sp³-hybridized carbons (Fsp3) is 0.545. The summed E-state index contributed by atoms with van der Waals surface area (Å²) in [4.78, 5) is 0.187. The number of sulfonamides is 1. The fourth-order valence-electron chi connectivity index (χ4n) is 2.00. The minimum atomic E-state index is -3.66. The van der Waals surface area contributed by atoms with Crippen LogP contribution in [0.1, 0.15) is 37.8 Å². The Morgan fingerprint density at radius 1 is 1.52 bits per heavy atom. The maximum Gasteiger partial charge on any atom is 0.242 e. The normalized spacial score (nSPS) is 13.5. The molecular formula is C11H19N7O2S. The predicted molar refractivity (Wildman–Crippen MR) is 75.5 cm³/mol. The second-order valence-electron chi connectivity index (χ2n) is 4.68. The van der Waals surface area contributed by atoms with Gasteiger partial charge in [-0.05, 0) is 19.4 Å². The lowest BCUT2D eigenvalue weighted by Gasteiger charge is -2.09. The predicted octanol–water partition coefficient (Wildman–Crippen LogP) is -0.0906. The lowest BCUT2D eigenvalue weighted by atomic mass is 10.4. The van der Waals surface area contributed by atoms with Gasteiger partial charge < -0.3 is 10.3 Å². The molecule has 10 heteroatoms. The van der Waals surface area contributed by atoms with Crippen LogP contribution in [0.15, 0.2) is 17.2 Å². The molecule has 0 saturated heterocycles. The van der Waals surface area contributed by atoms with Crippen molar-refractivity contribution in [2.45, 2.75) is 44.3 Å². The van der Waals surface area contributed by atoms with Gasteiger partial charge in [-0.25, -0.2) is 13.1 Å². The van der Waals surface area contributed by atoms with Gasteiger partial charge in [0.25, 0.3) is 0 Å². The molecule has 2 aromatic rings. The maximum atomic E-state index is 12.4. The molecule has 0 aliphatic heterocycles. The van der Waals surface area contributed by atoms with E-state index in [0.717, 1.165) is 18.7 Å². The van der Waals surface area contributed by atoms with Crippen LogP contribution in [-0.4, -0.2) is 33.6 Å². The Balaban J connectivity index is 2.23.